The summed E-state index contributed by atoms with van der Waals surface area (Å²) in [6, 6.07) is 10.7. The van der Waals surface area contributed by atoms with Gasteiger partial charge in [0, 0.05) is 19.1 Å². The summed E-state index contributed by atoms with van der Waals surface area (Å²) in [5.74, 6) is 0.685. The van der Waals surface area contributed by atoms with E-state index in [1.165, 1.54) is 12.8 Å². The van der Waals surface area contributed by atoms with Crippen LogP contribution in [0.4, 0.5) is 0 Å². The van der Waals surface area contributed by atoms with Crippen LogP contribution in [0.5, 0.6) is 0 Å². The Morgan fingerprint density at radius 1 is 1.29 bits per heavy atom. The van der Waals surface area contributed by atoms with Gasteiger partial charge in [0.1, 0.15) is 0 Å². The van der Waals surface area contributed by atoms with E-state index in [1.54, 1.807) is 0 Å². The zero-order valence-electron chi connectivity index (χ0n) is 13.7. The van der Waals surface area contributed by atoms with E-state index in [1.807, 2.05) is 37.3 Å². The second-order valence-corrected chi connectivity index (χ2v) is 6.50. The summed E-state index contributed by atoms with van der Waals surface area (Å²) >= 11 is 0. The van der Waals surface area contributed by atoms with Crippen LogP contribution in [-0.2, 0) is 5.60 Å². The monoisotopic (exact) mass is 290 g/mol. The van der Waals surface area contributed by atoms with Crippen LogP contribution in [0.2, 0.25) is 0 Å². The van der Waals surface area contributed by atoms with Gasteiger partial charge in [0.15, 0.2) is 0 Å². The lowest BCUT2D eigenvalue weighted by molar-refractivity contribution is -0.00195. The lowest BCUT2D eigenvalue weighted by atomic mass is 9.88. The maximum absolute atomic E-state index is 10.8. The molecule has 3 nitrogen and oxygen atoms in total. The zero-order valence-corrected chi connectivity index (χ0v) is 13.7. The first-order valence-electron chi connectivity index (χ1n) is 8.30. The molecule has 1 heterocycles. The quantitative estimate of drug-likeness (QED) is 0.845. The molecule has 0 aromatic heterocycles. The number of likely N-dealkylation sites (tertiary alicyclic amines) is 1. The molecule has 1 aliphatic rings. The first-order valence-corrected chi connectivity index (χ1v) is 8.30. The highest BCUT2D eigenvalue weighted by Gasteiger charge is 2.32. The Morgan fingerprint density at radius 2 is 2.00 bits per heavy atom. The number of piperidine rings is 1. The Labute approximate surface area is 129 Å². The van der Waals surface area contributed by atoms with Crippen molar-refractivity contribution in [2.45, 2.75) is 45.3 Å². The fourth-order valence-electron chi connectivity index (χ4n) is 3.52. The molecule has 1 fully saturated rings. The fourth-order valence-corrected chi connectivity index (χ4v) is 3.52. The SMILES string of the molecule is CCNC1CCN(CC(C)(O)c2ccccc2)CC1CC. The van der Waals surface area contributed by atoms with E-state index in [0.29, 0.717) is 18.5 Å². The van der Waals surface area contributed by atoms with Crippen molar-refractivity contribution in [3.05, 3.63) is 35.9 Å². The van der Waals surface area contributed by atoms with Gasteiger partial charge in [-0.25, -0.2) is 0 Å². The lowest BCUT2D eigenvalue weighted by Crippen LogP contribution is -2.52. The Kier molecular flexibility index (Phi) is 5.80. The van der Waals surface area contributed by atoms with Gasteiger partial charge >= 0.3 is 0 Å². The zero-order chi connectivity index (χ0) is 15.3. The maximum Gasteiger partial charge on any atom is 0.0994 e. The molecule has 2 N–H and O–H groups in total. The van der Waals surface area contributed by atoms with E-state index >= 15 is 0 Å². The Balaban J connectivity index is 1.97. The van der Waals surface area contributed by atoms with E-state index in [2.05, 4.69) is 24.1 Å². The van der Waals surface area contributed by atoms with Crippen LogP contribution in [0.1, 0.15) is 39.2 Å². The van der Waals surface area contributed by atoms with Gasteiger partial charge in [-0.1, -0.05) is 50.6 Å². The van der Waals surface area contributed by atoms with Crippen LogP contribution in [-0.4, -0.2) is 42.2 Å². The molecule has 1 saturated heterocycles. The molecule has 3 atom stereocenters. The number of benzene rings is 1. The molecule has 0 bridgehead atoms. The molecule has 118 valence electrons. The minimum absolute atomic E-state index is 0.637. The van der Waals surface area contributed by atoms with Crippen molar-refractivity contribution >= 4 is 0 Å². The highest BCUT2D eigenvalue weighted by atomic mass is 16.3. The van der Waals surface area contributed by atoms with Crippen LogP contribution in [0.25, 0.3) is 0 Å². The predicted octanol–water partition coefficient (Wildman–Crippen LogP) is 2.60. The van der Waals surface area contributed by atoms with Gasteiger partial charge in [-0.3, -0.25) is 4.90 Å². The third kappa shape index (κ3) is 4.29. The molecular weight excluding hydrogens is 260 g/mol. The van der Waals surface area contributed by atoms with Crippen LogP contribution in [0, 0.1) is 5.92 Å². The fraction of sp³-hybridized carbons (Fsp3) is 0.667. The van der Waals surface area contributed by atoms with Gasteiger partial charge < -0.3 is 10.4 Å². The van der Waals surface area contributed by atoms with E-state index in [9.17, 15) is 5.11 Å². The Morgan fingerprint density at radius 3 is 2.62 bits per heavy atom. The average Bonchev–Trinajstić information content (AvgIpc) is 2.49. The van der Waals surface area contributed by atoms with E-state index in [0.717, 1.165) is 25.2 Å². The normalized spacial score (nSPS) is 26.5. The largest absolute Gasteiger partial charge is 0.384 e. The topological polar surface area (TPSA) is 35.5 Å². The summed E-state index contributed by atoms with van der Waals surface area (Å²) in [5.41, 5.74) is 0.233. The van der Waals surface area contributed by atoms with Crippen LogP contribution >= 0.6 is 0 Å². The molecule has 3 heteroatoms. The second-order valence-electron chi connectivity index (χ2n) is 6.50. The van der Waals surface area contributed by atoms with Crippen LogP contribution < -0.4 is 5.32 Å². The van der Waals surface area contributed by atoms with Crippen LogP contribution in [0.15, 0.2) is 30.3 Å². The highest BCUT2D eigenvalue weighted by molar-refractivity contribution is 5.21. The standard InChI is InChI=1S/C18H30N2O/c1-4-15-13-20(12-11-17(15)19-5-2)14-18(3,21)16-9-7-6-8-10-16/h6-10,15,17,19,21H,4-5,11-14H2,1-3H3. The first-order chi connectivity index (χ1) is 10.1. The first kappa shape index (κ1) is 16.5. The number of nitrogens with zero attached hydrogens (tertiary/aromatic N) is 1. The van der Waals surface area contributed by atoms with Gasteiger partial charge in [-0.15, -0.1) is 0 Å². The van der Waals surface area contributed by atoms with Crippen molar-refractivity contribution in [1.29, 1.82) is 0 Å². The molecule has 0 saturated carbocycles. The molecule has 1 aliphatic heterocycles. The number of hydrogen-bond acceptors (Lipinski definition) is 3. The Bertz CT molecular complexity index is 418. The molecular formula is C18H30N2O. The lowest BCUT2D eigenvalue weighted by Gasteiger charge is -2.41. The van der Waals surface area contributed by atoms with Crippen molar-refractivity contribution in [1.82, 2.24) is 10.2 Å². The minimum Gasteiger partial charge on any atom is -0.384 e. The van der Waals surface area contributed by atoms with E-state index in [-0.39, 0.29) is 0 Å². The summed E-state index contributed by atoms with van der Waals surface area (Å²) in [7, 11) is 0. The summed E-state index contributed by atoms with van der Waals surface area (Å²) in [5, 5.41) is 14.4. The van der Waals surface area contributed by atoms with Gasteiger partial charge in [-0.05, 0) is 37.9 Å². The maximum atomic E-state index is 10.8. The molecule has 1 aromatic rings. The number of β-amino-alcohol motifs (C(OH)–C–C–N with tert-alkyl or cyclic N) is 1. The molecule has 2 rings (SSSR count). The van der Waals surface area contributed by atoms with Gasteiger partial charge in [0.2, 0.25) is 0 Å². The van der Waals surface area contributed by atoms with Crippen molar-refractivity contribution < 1.29 is 5.11 Å². The highest BCUT2D eigenvalue weighted by Crippen LogP contribution is 2.26. The molecule has 0 radical (unpaired) electrons. The smallest absolute Gasteiger partial charge is 0.0994 e. The molecule has 3 unspecified atom stereocenters. The van der Waals surface area contributed by atoms with Gasteiger partial charge in [0.25, 0.3) is 0 Å². The third-order valence-corrected chi connectivity index (χ3v) is 4.74. The molecule has 1 aromatic carbocycles. The van der Waals surface area contributed by atoms with Gasteiger partial charge in [-0.2, -0.15) is 0 Å². The summed E-state index contributed by atoms with van der Waals surface area (Å²) in [6.07, 6.45) is 2.37. The minimum atomic E-state index is -0.773. The second kappa shape index (κ2) is 7.39. The number of nitrogens with one attached hydrogen (secondary N) is 1. The van der Waals surface area contributed by atoms with Crippen LogP contribution in [0.3, 0.4) is 0 Å². The Hall–Kier alpha value is -0.900. The summed E-state index contributed by atoms with van der Waals surface area (Å²) < 4.78 is 0. The number of hydrogen-bond donors (Lipinski definition) is 2. The van der Waals surface area contributed by atoms with Crippen molar-refractivity contribution in [2.75, 3.05) is 26.2 Å². The number of rotatable bonds is 6. The third-order valence-electron chi connectivity index (χ3n) is 4.74. The molecule has 21 heavy (non-hydrogen) atoms. The van der Waals surface area contributed by atoms with Crippen molar-refractivity contribution in [2.24, 2.45) is 5.92 Å². The van der Waals surface area contributed by atoms with Crippen molar-refractivity contribution in [3.8, 4) is 0 Å². The molecule has 0 amide bonds. The van der Waals surface area contributed by atoms with Crippen molar-refractivity contribution in [3.63, 3.8) is 0 Å². The average molecular weight is 290 g/mol. The molecule has 0 aliphatic carbocycles. The number of aliphatic hydroxyl groups is 1. The molecule has 0 spiro atoms. The summed E-state index contributed by atoms with van der Waals surface area (Å²) in [4.78, 5) is 2.43. The predicted molar refractivity (Wildman–Crippen MR) is 88.3 cm³/mol. The summed E-state index contributed by atoms with van der Waals surface area (Å²) in [6.45, 7) is 10.3. The van der Waals surface area contributed by atoms with Gasteiger partial charge in [0.05, 0.1) is 5.60 Å². The van der Waals surface area contributed by atoms with E-state index < -0.39 is 5.60 Å². The van der Waals surface area contributed by atoms with E-state index in [4.69, 9.17) is 0 Å².